The van der Waals surface area contributed by atoms with Crippen LogP contribution in [-0.4, -0.2) is 0 Å². The normalized spacial score (nSPS) is 12.5. The summed E-state index contributed by atoms with van der Waals surface area (Å²) in [6, 6.07) is 13.8. The molecule has 4 heteroatoms. The lowest BCUT2D eigenvalue weighted by molar-refractivity contribution is 0.303. The first-order valence-corrected chi connectivity index (χ1v) is 8.04. The standard InChI is InChI=1S/C17H16ClNOS/c1-11(19)15-8-13(18)6-7-16(15)20-9-12-10-21-17-5-3-2-4-14(12)17/h2-8,10-11H,9,19H2,1H3/t11-/m1/s1. The lowest BCUT2D eigenvalue weighted by atomic mass is 10.1. The maximum atomic E-state index is 6.03. The van der Waals surface area contributed by atoms with Gasteiger partial charge < -0.3 is 10.5 Å². The zero-order valence-corrected chi connectivity index (χ0v) is 13.2. The topological polar surface area (TPSA) is 35.2 Å². The Kier molecular flexibility index (Phi) is 4.15. The van der Waals surface area contributed by atoms with Gasteiger partial charge in [0, 0.05) is 26.9 Å². The highest BCUT2D eigenvalue weighted by atomic mass is 35.5. The molecule has 3 aromatic rings. The fraction of sp³-hybridized carbons (Fsp3) is 0.176. The van der Waals surface area contributed by atoms with Gasteiger partial charge in [-0.25, -0.2) is 0 Å². The summed E-state index contributed by atoms with van der Waals surface area (Å²) in [5.74, 6) is 0.796. The molecule has 108 valence electrons. The predicted octanol–water partition coefficient (Wildman–Crippen LogP) is 5.15. The van der Waals surface area contributed by atoms with Gasteiger partial charge in [0.05, 0.1) is 0 Å². The molecule has 2 nitrogen and oxygen atoms in total. The largest absolute Gasteiger partial charge is 0.489 e. The van der Waals surface area contributed by atoms with Gasteiger partial charge in [-0.15, -0.1) is 11.3 Å². The van der Waals surface area contributed by atoms with Gasteiger partial charge in [0.25, 0.3) is 0 Å². The lowest BCUT2D eigenvalue weighted by Crippen LogP contribution is -2.08. The molecule has 0 spiro atoms. The minimum absolute atomic E-state index is 0.113. The van der Waals surface area contributed by atoms with Crippen molar-refractivity contribution in [1.29, 1.82) is 0 Å². The van der Waals surface area contributed by atoms with Crippen LogP contribution in [0.1, 0.15) is 24.1 Å². The fourth-order valence-corrected chi connectivity index (χ4v) is 3.43. The van der Waals surface area contributed by atoms with E-state index in [4.69, 9.17) is 22.1 Å². The van der Waals surface area contributed by atoms with Crippen molar-refractivity contribution < 1.29 is 4.74 Å². The molecule has 1 aromatic heterocycles. The second-order valence-electron chi connectivity index (χ2n) is 5.02. The average Bonchev–Trinajstić information content (AvgIpc) is 2.89. The monoisotopic (exact) mass is 317 g/mol. The molecule has 0 radical (unpaired) electrons. The first-order chi connectivity index (χ1) is 10.1. The lowest BCUT2D eigenvalue weighted by Gasteiger charge is -2.14. The molecular formula is C17H16ClNOS. The Morgan fingerprint density at radius 3 is 2.86 bits per heavy atom. The number of rotatable bonds is 4. The van der Waals surface area contributed by atoms with Crippen molar-refractivity contribution >= 4 is 33.0 Å². The Hall–Kier alpha value is -1.55. The molecule has 3 rings (SSSR count). The van der Waals surface area contributed by atoms with Crippen LogP contribution in [0.15, 0.2) is 47.8 Å². The van der Waals surface area contributed by atoms with Gasteiger partial charge in [-0.2, -0.15) is 0 Å². The predicted molar refractivity (Wildman–Crippen MR) is 90.2 cm³/mol. The van der Waals surface area contributed by atoms with E-state index in [0.29, 0.717) is 11.6 Å². The van der Waals surface area contributed by atoms with Gasteiger partial charge in [-0.05, 0) is 42.0 Å². The number of fused-ring (bicyclic) bond motifs is 1. The molecule has 2 aromatic carbocycles. The molecule has 0 unspecified atom stereocenters. The van der Waals surface area contributed by atoms with Gasteiger partial charge in [0.2, 0.25) is 0 Å². The summed E-state index contributed by atoms with van der Waals surface area (Å²) in [5, 5.41) is 4.07. The van der Waals surface area contributed by atoms with E-state index in [0.717, 1.165) is 11.3 Å². The SMILES string of the molecule is C[C@@H](N)c1cc(Cl)ccc1OCc1csc2ccccc12. The van der Waals surface area contributed by atoms with Crippen molar-refractivity contribution in [3.05, 3.63) is 64.0 Å². The fourth-order valence-electron chi connectivity index (χ4n) is 2.31. The number of ether oxygens (including phenoxy) is 1. The average molecular weight is 318 g/mol. The first-order valence-electron chi connectivity index (χ1n) is 6.78. The van der Waals surface area contributed by atoms with Crippen molar-refractivity contribution in [1.82, 2.24) is 0 Å². The Morgan fingerprint density at radius 1 is 1.24 bits per heavy atom. The molecule has 0 fully saturated rings. The molecule has 0 aliphatic carbocycles. The summed E-state index contributed by atoms with van der Waals surface area (Å²) < 4.78 is 7.25. The molecule has 0 bridgehead atoms. The van der Waals surface area contributed by atoms with Gasteiger partial charge in [-0.1, -0.05) is 29.8 Å². The zero-order chi connectivity index (χ0) is 14.8. The number of thiophene rings is 1. The van der Waals surface area contributed by atoms with Gasteiger partial charge >= 0.3 is 0 Å². The van der Waals surface area contributed by atoms with E-state index < -0.39 is 0 Å². The third kappa shape index (κ3) is 3.05. The molecule has 0 aliphatic rings. The smallest absolute Gasteiger partial charge is 0.124 e. The van der Waals surface area contributed by atoms with Crippen LogP contribution in [-0.2, 0) is 6.61 Å². The number of hydrogen-bond acceptors (Lipinski definition) is 3. The van der Waals surface area contributed by atoms with E-state index >= 15 is 0 Å². The van der Waals surface area contributed by atoms with Crippen LogP contribution >= 0.6 is 22.9 Å². The van der Waals surface area contributed by atoms with Crippen molar-refractivity contribution in [2.45, 2.75) is 19.6 Å². The van der Waals surface area contributed by atoms with Crippen molar-refractivity contribution in [3.63, 3.8) is 0 Å². The second kappa shape index (κ2) is 6.06. The summed E-state index contributed by atoms with van der Waals surface area (Å²) in [6.45, 7) is 2.46. The quantitative estimate of drug-likeness (QED) is 0.722. The van der Waals surface area contributed by atoms with Crippen LogP contribution in [0, 0.1) is 0 Å². The maximum Gasteiger partial charge on any atom is 0.124 e. The number of hydrogen-bond donors (Lipinski definition) is 1. The second-order valence-corrected chi connectivity index (χ2v) is 6.36. The van der Waals surface area contributed by atoms with Gasteiger partial charge in [-0.3, -0.25) is 0 Å². The molecular weight excluding hydrogens is 302 g/mol. The molecule has 0 amide bonds. The van der Waals surface area contributed by atoms with Crippen LogP contribution in [0.5, 0.6) is 5.75 Å². The van der Waals surface area contributed by atoms with Crippen LogP contribution < -0.4 is 10.5 Å². The maximum absolute atomic E-state index is 6.03. The summed E-state index contributed by atoms with van der Waals surface area (Å²) >= 11 is 7.77. The summed E-state index contributed by atoms with van der Waals surface area (Å²) in [6.07, 6.45) is 0. The molecule has 0 saturated heterocycles. The van der Waals surface area contributed by atoms with E-state index in [-0.39, 0.29) is 6.04 Å². The molecule has 2 N–H and O–H groups in total. The molecule has 0 aliphatic heterocycles. The minimum atomic E-state index is -0.113. The first kappa shape index (κ1) is 14.4. The van der Waals surface area contributed by atoms with E-state index in [1.807, 2.05) is 31.2 Å². The highest BCUT2D eigenvalue weighted by Gasteiger charge is 2.10. The summed E-state index contributed by atoms with van der Waals surface area (Å²) in [4.78, 5) is 0. The van der Waals surface area contributed by atoms with Crippen LogP contribution in [0.4, 0.5) is 0 Å². The number of halogens is 1. The number of nitrogens with two attached hydrogens (primary N) is 1. The van der Waals surface area contributed by atoms with E-state index in [2.05, 4.69) is 23.6 Å². The Bertz CT molecular complexity index is 766. The third-order valence-electron chi connectivity index (χ3n) is 3.41. The van der Waals surface area contributed by atoms with Crippen molar-refractivity contribution in [2.24, 2.45) is 5.73 Å². The highest BCUT2D eigenvalue weighted by Crippen LogP contribution is 2.30. The zero-order valence-electron chi connectivity index (χ0n) is 11.7. The highest BCUT2D eigenvalue weighted by molar-refractivity contribution is 7.17. The van der Waals surface area contributed by atoms with Crippen molar-refractivity contribution in [3.8, 4) is 5.75 Å². The van der Waals surface area contributed by atoms with E-state index in [1.54, 1.807) is 11.3 Å². The van der Waals surface area contributed by atoms with Gasteiger partial charge in [0.1, 0.15) is 12.4 Å². The third-order valence-corrected chi connectivity index (χ3v) is 4.65. The Morgan fingerprint density at radius 2 is 2.05 bits per heavy atom. The van der Waals surface area contributed by atoms with Gasteiger partial charge in [0.15, 0.2) is 0 Å². The van der Waals surface area contributed by atoms with Crippen LogP contribution in [0.25, 0.3) is 10.1 Å². The molecule has 1 atom stereocenters. The van der Waals surface area contributed by atoms with Crippen LogP contribution in [0.2, 0.25) is 5.02 Å². The van der Waals surface area contributed by atoms with E-state index in [1.165, 1.54) is 15.6 Å². The number of benzene rings is 2. The summed E-state index contributed by atoms with van der Waals surface area (Å²) in [7, 11) is 0. The molecule has 0 saturated carbocycles. The molecule has 1 heterocycles. The molecule has 21 heavy (non-hydrogen) atoms. The Labute approximate surface area is 133 Å². The summed E-state index contributed by atoms with van der Waals surface area (Å²) in [5.41, 5.74) is 8.11. The Balaban J connectivity index is 1.85. The van der Waals surface area contributed by atoms with Crippen LogP contribution in [0.3, 0.4) is 0 Å². The minimum Gasteiger partial charge on any atom is -0.489 e. The van der Waals surface area contributed by atoms with E-state index in [9.17, 15) is 0 Å². The van der Waals surface area contributed by atoms with Crippen molar-refractivity contribution in [2.75, 3.05) is 0 Å².